The molecule has 2 N–H and O–H groups in total. The number of primary amides is 1. The number of ether oxygens (including phenoxy) is 1. The predicted octanol–water partition coefficient (Wildman–Crippen LogP) is 2.53. The lowest BCUT2D eigenvalue weighted by Crippen LogP contribution is -2.15. The number of nitrogens with two attached hydrogens (primary N) is 1. The zero-order chi connectivity index (χ0) is 10.1. The quantitative estimate of drug-likeness (QED) is 0.839. The third kappa shape index (κ3) is 1.75. The molecule has 0 heterocycles. The summed E-state index contributed by atoms with van der Waals surface area (Å²) < 4.78 is 6.01. The standard InChI is InChI=1S/C10H10BrNO2/c11-7-3-1-6-2-4-9(8(6)5-7)14-10(12)13/h1,3,5,9H,2,4H2,(H2,12,13). The summed E-state index contributed by atoms with van der Waals surface area (Å²) in [6, 6.07) is 6.02. The summed E-state index contributed by atoms with van der Waals surface area (Å²) in [6.45, 7) is 0. The maximum Gasteiger partial charge on any atom is 0.405 e. The second-order valence-electron chi connectivity index (χ2n) is 3.31. The van der Waals surface area contributed by atoms with Crippen molar-refractivity contribution in [3.8, 4) is 0 Å². The Morgan fingerprint density at radius 1 is 1.57 bits per heavy atom. The first-order chi connectivity index (χ1) is 6.66. The molecule has 0 fully saturated rings. The van der Waals surface area contributed by atoms with Crippen molar-refractivity contribution in [2.45, 2.75) is 18.9 Å². The van der Waals surface area contributed by atoms with E-state index in [-0.39, 0.29) is 6.10 Å². The summed E-state index contributed by atoms with van der Waals surface area (Å²) in [7, 11) is 0. The molecule has 4 heteroatoms. The van der Waals surface area contributed by atoms with Crippen molar-refractivity contribution in [3.05, 3.63) is 33.8 Å². The van der Waals surface area contributed by atoms with Gasteiger partial charge < -0.3 is 10.5 Å². The molecule has 0 bridgehead atoms. The second-order valence-corrected chi connectivity index (χ2v) is 4.22. The minimum absolute atomic E-state index is 0.167. The normalized spacial score (nSPS) is 19.1. The molecule has 74 valence electrons. The molecule has 0 saturated heterocycles. The van der Waals surface area contributed by atoms with Crippen LogP contribution in [-0.4, -0.2) is 6.09 Å². The minimum atomic E-state index is -0.706. The number of fused-ring (bicyclic) bond motifs is 1. The van der Waals surface area contributed by atoms with E-state index in [1.54, 1.807) is 0 Å². The molecule has 1 aliphatic carbocycles. The number of hydrogen-bond donors (Lipinski definition) is 1. The summed E-state index contributed by atoms with van der Waals surface area (Å²) in [4.78, 5) is 10.6. The molecule has 0 radical (unpaired) electrons. The van der Waals surface area contributed by atoms with E-state index in [9.17, 15) is 4.79 Å². The van der Waals surface area contributed by atoms with E-state index in [1.807, 2.05) is 18.2 Å². The molecule has 1 aliphatic rings. The van der Waals surface area contributed by atoms with Gasteiger partial charge in [0.05, 0.1) is 0 Å². The van der Waals surface area contributed by atoms with Crippen molar-refractivity contribution in [1.29, 1.82) is 0 Å². The smallest absolute Gasteiger partial charge is 0.405 e. The molecule has 1 amide bonds. The summed E-state index contributed by atoms with van der Waals surface area (Å²) in [5.74, 6) is 0. The fourth-order valence-corrected chi connectivity index (χ4v) is 2.18. The largest absolute Gasteiger partial charge is 0.441 e. The van der Waals surface area contributed by atoms with Crippen LogP contribution in [-0.2, 0) is 11.2 Å². The highest BCUT2D eigenvalue weighted by molar-refractivity contribution is 9.10. The lowest BCUT2D eigenvalue weighted by atomic mass is 10.1. The number of halogens is 1. The van der Waals surface area contributed by atoms with Gasteiger partial charge >= 0.3 is 6.09 Å². The van der Waals surface area contributed by atoms with E-state index < -0.39 is 6.09 Å². The number of carbonyl (C=O) groups excluding carboxylic acids is 1. The Bertz CT molecular complexity index is 378. The van der Waals surface area contributed by atoms with Crippen LogP contribution < -0.4 is 5.73 Å². The Balaban J connectivity index is 2.28. The second kappa shape index (κ2) is 3.61. The Labute approximate surface area is 90.4 Å². The first kappa shape index (κ1) is 9.52. The van der Waals surface area contributed by atoms with Gasteiger partial charge in [0.1, 0.15) is 6.10 Å². The van der Waals surface area contributed by atoms with Crippen molar-refractivity contribution >= 4 is 22.0 Å². The van der Waals surface area contributed by atoms with Gasteiger partial charge in [0.25, 0.3) is 0 Å². The number of rotatable bonds is 1. The van der Waals surface area contributed by atoms with E-state index in [0.29, 0.717) is 0 Å². The van der Waals surface area contributed by atoms with Crippen LogP contribution in [0.5, 0.6) is 0 Å². The van der Waals surface area contributed by atoms with E-state index in [2.05, 4.69) is 15.9 Å². The fourth-order valence-electron chi connectivity index (χ4n) is 1.80. The molecule has 0 aliphatic heterocycles. The van der Waals surface area contributed by atoms with E-state index >= 15 is 0 Å². The zero-order valence-electron chi connectivity index (χ0n) is 7.50. The lowest BCUT2D eigenvalue weighted by molar-refractivity contribution is 0.107. The topological polar surface area (TPSA) is 52.3 Å². The summed E-state index contributed by atoms with van der Waals surface area (Å²) in [6.07, 6.45) is 0.901. The average molecular weight is 256 g/mol. The van der Waals surface area contributed by atoms with Crippen LogP contribution >= 0.6 is 15.9 Å². The highest BCUT2D eigenvalue weighted by atomic mass is 79.9. The monoisotopic (exact) mass is 255 g/mol. The van der Waals surface area contributed by atoms with Crippen LogP contribution in [0, 0.1) is 0 Å². The van der Waals surface area contributed by atoms with Gasteiger partial charge in [-0.3, -0.25) is 0 Å². The molecule has 1 atom stereocenters. The van der Waals surface area contributed by atoms with Gasteiger partial charge in [-0.15, -0.1) is 0 Å². The Morgan fingerprint density at radius 3 is 3.07 bits per heavy atom. The highest BCUT2D eigenvalue weighted by Crippen LogP contribution is 2.35. The fraction of sp³-hybridized carbons (Fsp3) is 0.300. The maximum atomic E-state index is 10.6. The first-order valence-electron chi connectivity index (χ1n) is 4.41. The van der Waals surface area contributed by atoms with Crippen molar-refractivity contribution in [3.63, 3.8) is 0 Å². The van der Waals surface area contributed by atoms with Gasteiger partial charge in [-0.2, -0.15) is 0 Å². The van der Waals surface area contributed by atoms with E-state index in [0.717, 1.165) is 22.9 Å². The predicted molar refractivity (Wildman–Crippen MR) is 55.9 cm³/mol. The number of hydrogen-bond acceptors (Lipinski definition) is 2. The first-order valence-corrected chi connectivity index (χ1v) is 5.20. The van der Waals surface area contributed by atoms with Gasteiger partial charge in [0, 0.05) is 4.47 Å². The Hall–Kier alpha value is -1.03. The average Bonchev–Trinajstić information content (AvgIpc) is 2.47. The third-order valence-corrected chi connectivity index (χ3v) is 2.88. The van der Waals surface area contributed by atoms with Gasteiger partial charge in [-0.1, -0.05) is 22.0 Å². The molecular formula is C10H10BrNO2. The van der Waals surface area contributed by atoms with Gasteiger partial charge in [0.2, 0.25) is 0 Å². The number of amides is 1. The zero-order valence-corrected chi connectivity index (χ0v) is 9.08. The summed E-state index contributed by atoms with van der Waals surface area (Å²) in [5, 5.41) is 0. The number of aryl methyl sites for hydroxylation is 1. The van der Waals surface area contributed by atoms with Gasteiger partial charge in [0.15, 0.2) is 0 Å². The SMILES string of the molecule is NC(=O)OC1CCc2ccc(Br)cc21. The maximum absolute atomic E-state index is 10.6. The number of carbonyl (C=O) groups is 1. The van der Waals surface area contributed by atoms with Crippen LogP contribution in [0.25, 0.3) is 0 Å². The molecule has 2 rings (SSSR count). The molecular weight excluding hydrogens is 246 g/mol. The molecule has 0 spiro atoms. The van der Waals surface area contributed by atoms with Crippen LogP contribution in [0.4, 0.5) is 4.79 Å². The molecule has 0 saturated carbocycles. The van der Waals surface area contributed by atoms with Crippen LogP contribution in [0.3, 0.4) is 0 Å². The van der Waals surface area contributed by atoms with Gasteiger partial charge in [-0.05, 0) is 36.1 Å². The molecule has 1 aromatic carbocycles. The van der Waals surface area contributed by atoms with Crippen LogP contribution in [0.2, 0.25) is 0 Å². The van der Waals surface area contributed by atoms with Crippen molar-refractivity contribution < 1.29 is 9.53 Å². The highest BCUT2D eigenvalue weighted by Gasteiger charge is 2.24. The summed E-state index contributed by atoms with van der Waals surface area (Å²) in [5.41, 5.74) is 7.30. The van der Waals surface area contributed by atoms with Crippen molar-refractivity contribution in [1.82, 2.24) is 0 Å². The minimum Gasteiger partial charge on any atom is -0.441 e. The molecule has 1 aromatic rings. The van der Waals surface area contributed by atoms with Gasteiger partial charge in [-0.25, -0.2) is 4.79 Å². The molecule has 1 unspecified atom stereocenters. The molecule has 0 aromatic heterocycles. The third-order valence-electron chi connectivity index (χ3n) is 2.39. The lowest BCUT2D eigenvalue weighted by Gasteiger charge is -2.11. The van der Waals surface area contributed by atoms with E-state index in [1.165, 1.54) is 5.56 Å². The molecule has 14 heavy (non-hydrogen) atoms. The Kier molecular flexibility index (Phi) is 2.46. The van der Waals surface area contributed by atoms with Crippen molar-refractivity contribution in [2.24, 2.45) is 5.73 Å². The van der Waals surface area contributed by atoms with Crippen molar-refractivity contribution in [2.75, 3.05) is 0 Å². The van der Waals surface area contributed by atoms with E-state index in [4.69, 9.17) is 10.5 Å². The number of benzene rings is 1. The summed E-state index contributed by atoms with van der Waals surface area (Å²) >= 11 is 3.39. The van der Waals surface area contributed by atoms with Crippen LogP contribution in [0.15, 0.2) is 22.7 Å². The Morgan fingerprint density at radius 2 is 2.36 bits per heavy atom. The molecule has 3 nitrogen and oxygen atoms in total. The van der Waals surface area contributed by atoms with Crippen LogP contribution in [0.1, 0.15) is 23.7 Å².